The van der Waals surface area contributed by atoms with Crippen molar-refractivity contribution in [2.75, 3.05) is 13.3 Å². The Morgan fingerprint density at radius 3 is 3.18 bits per heavy atom. The molecule has 3 heterocycles. The second-order valence-corrected chi connectivity index (χ2v) is 5.88. The zero-order valence-corrected chi connectivity index (χ0v) is 12.7. The van der Waals surface area contributed by atoms with Crippen LogP contribution in [0.1, 0.15) is 29.9 Å². The number of para-hydroxylation sites is 1. The minimum Gasteiger partial charge on any atom is -0.454 e. The van der Waals surface area contributed by atoms with Crippen LogP contribution in [0.5, 0.6) is 11.5 Å². The molecule has 0 saturated heterocycles. The van der Waals surface area contributed by atoms with Crippen LogP contribution < -0.4 is 14.8 Å². The van der Waals surface area contributed by atoms with Gasteiger partial charge in [-0.05, 0) is 18.9 Å². The summed E-state index contributed by atoms with van der Waals surface area (Å²) in [6, 6.07) is 6.03. The van der Waals surface area contributed by atoms with Crippen LogP contribution in [0.3, 0.4) is 0 Å². The highest BCUT2D eigenvalue weighted by Gasteiger charge is 2.16. The Balaban J connectivity index is 1.31. The molecular weight excluding hydrogens is 278 g/mol. The van der Waals surface area contributed by atoms with E-state index >= 15 is 0 Å². The Morgan fingerprint density at radius 1 is 1.23 bits per heavy atom. The van der Waals surface area contributed by atoms with Crippen molar-refractivity contribution in [3.05, 3.63) is 41.5 Å². The number of hydrogen-bond acceptors (Lipinski definition) is 4. The van der Waals surface area contributed by atoms with Gasteiger partial charge in [-0.1, -0.05) is 12.1 Å². The smallest absolute Gasteiger partial charge is 0.231 e. The molecule has 2 aromatic rings. The molecule has 5 nitrogen and oxygen atoms in total. The topological polar surface area (TPSA) is 48.3 Å². The van der Waals surface area contributed by atoms with Crippen LogP contribution >= 0.6 is 0 Å². The zero-order chi connectivity index (χ0) is 14.8. The molecular formula is C17H21N3O2. The van der Waals surface area contributed by atoms with Crippen molar-refractivity contribution in [3.63, 3.8) is 0 Å². The average molecular weight is 299 g/mol. The van der Waals surface area contributed by atoms with Crippen LogP contribution in [0.2, 0.25) is 0 Å². The molecule has 0 bridgehead atoms. The van der Waals surface area contributed by atoms with Gasteiger partial charge in [0.25, 0.3) is 0 Å². The Kier molecular flexibility index (Phi) is 3.72. The van der Waals surface area contributed by atoms with Crippen LogP contribution in [-0.4, -0.2) is 22.9 Å². The molecule has 0 atom stereocenters. The summed E-state index contributed by atoms with van der Waals surface area (Å²) in [6.45, 7) is 3.16. The lowest BCUT2D eigenvalue weighted by Crippen LogP contribution is -2.17. The summed E-state index contributed by atoms with van der Waals surface area (Å²) in [4.78, 5) is 4.73. The fourth-order valence-corrected chi connectivity index (χ4v) is 3.16. The first-order valence-electron chi connectivity index (χ1n) is 8.03. The van der Waals surface area contributed by atoms with E-state index in [0.29, 0.717) is 6.79 Å². The van der Waals surface area contributed by atoms with Crippen LogP contribution in [0.15, 0.2) is 24.4 Å². The van der Waals surface area contributed by atoms with Gasteiger partial charge in [-0.15, -0.1) is 0 Å². The van der Waals surface area contributed by atoms with Crippen molar-refractivity contribution < 1.29 is 9.47 Å². The van der Waals surface area contributed by atoms with Crippen LogP contribution in [0.25, 0.3) is 0 Å². The summed E-state index contributed by atoms with van der Waals surface area (Å²) < 4.78 is 13.2. The maximum atomic E-state index is 5.52. The van der Waals surface area contributed by atoms with Gasteiger partial charge in [0.2, 0.25) is 6.79 Å². The molecule has 1 N–H and O–H groups in total. The molecule has 0 unspecified atom stereocenters. The third-order valence-electron chi connectivity index (χ3n) is 4.31. The molecule has 1 aromatic carbocycles. The molecule has 2 aliphatic rings. The number of rotatable bonds is 5. The predicted octanol–water partition coefficient (Wildman–Crippen LogP) is 2.28. The van der Waals surface area contributed by atoms with E-state index in [1.807, 2.05) is 12.1 Å². The molecule has 116 valence electrons. The Morgan fingerprint density at radius 2 is 2.23 bits per heavy atom. The molecule has 0 fully saturated rings. The minimum absolute atomic E-state index is 0.326. The third-order valence-corrected chi connectivity index (χ3v) is 4.31. The molecule has 0 aliphatic carbocycles. The Hall–Kier alpha value is -2.01. The maximum absolute atomic E-state index is 5.52. The quantitative estimate of drug-likeness (QED) is 0.861. The number of hydrogen-bond donors (Lipinski definition) is 1. The van der Waals surface area contributed by atoms with Crippen molar-refractivity contribution in [2.45, 2.75) is 38.8 Å². The second kappa shape index (κ2) is 6.01. The number of imidazole rings is 1. The third kappa shape index (κ3) is 2.68. The first kappa shape index (κ1) is 13.6. The van der Waals surface area contributed by atoms with Crippen LogP contribution in [-0.2, 0) is 25.9 Å². The normalized spacial score (nSPS) is 15.8. The predicted molar refractivity (Wildman–Crippen MR) is 83.1 cm³/mol. The monoisotopic (exact) mass is 299 g/mol. The number of aromatic nitrogens is 2. The van der Waals surface area contributed by atoms with Gasteiger partial charge in [0.15, 0.2) is 11.5 Å². The van der Waals surface area contributed by atoms with Gasteiger partial charge >= 0.3 is 0 Å². The lowest BCUT2D eigenvalue weighted by molar-refractivity contribution is 0.173. The number of benzene rings is 1. The number of ether oxygens (including phenoxy) is 2. The van der Waals surface area contributed by atoms with Crippen molar-refractivity contribution in [1.29, 1.82) is 0 Å². The molecule has 0 spiro atoms. The standard InChI is InChI=1S/C17H21N3O2/c1-2-9-20-11-14(19-16(20)6-1)7-8-18-10-13-4-3-5-15-17(13)22-12-21-15/h3-5,11,18H,1-2,6-10,12H2. The zero-order valence-electron chi connectivity index (χ0n) is 12.7. The molecule has 5 heteroatoms. The summed E-state index contributed by atoms with van der Waals surface area (Å²) in [6.07, 6.45) is 6.86. The summed E-state index contributed by atoms with van der Waals surface area (Å²) in [5.74, 6) is 2.99. The Bertz CT molecular complexity index is 642. The van der Waals surface area contributed by atoms with Crippen molar-refractivity contribution >= 4 is 0 Å². The van der Waals surface area contributed by atoms with E-state index in [1.165, 1.54) is 24.4 Å². The fourth-order valence-electron chi connectivity index (χ4n) is 3.16. The number of nitrogens with one attached hydrogen (secondary N) is 1. The molecule has 22 heavy (non-hydrogen) atoms. The van der Waals surface area contributed by atoms with E-state index < -0.39 is 0 Å². The highest BCUT2D eigenvalue weighted by atomic mass is 16.7. The van der Waals surface area contributed by atoms with E-state index in [2.05, 4.69) is 22.1 Å². The van der Waals surface area contributed by atoms with Gasteiger partial charge in [0.05, 0.1) is 5.69 Å². The summed E-state index contributed by atoms with van der Waals surface area (Å²) in [5, 5.41) is 3.48. The van der Waals surface area contributed by atoms with Crippen LogP contribution in [0.4, 0.5) is 0 Å². The molecule has 2 aliphatic heterocycles. The van der Waals surface area contributed by atoms with E-state index in [9.17, 15) is 0 Å². The van der Waals surface area contributed by atoms with Gasteiger partial charge in [0, 0.05) is 44.2 Å². The van der Waals surface area contributed by atoms with Gasteiger partial charge in [-0.25, -0.2) is 4.98 Å². The lowest BCUT2D eigenvalue weighted by atomic mass is 10.2. The van der Waals surface area contributed by atoms with E-state index in [4.69, 9.17) is 14.5 Å². The number of aryl methyl sites for hydroxylation is 2. The van der Waals surface area contributed by atoms with E-state index in [0.717, 1.165) is 49.5 Å². The van der Waals surface area contributed by atoms with Gasteiger partial charge in [-0.3, -0.25) is 0 Å². The van der Waals surface area contributed by atoms with Gasteiger partial charge in [0.1, 0.15) is 5.82 Å². The van der Waals surface area contributed by atoms with Crippen molar-refractivity contribution in [2.24, 2.45) is 0 Å². The maximum Gasteiger partial charge on any atom is 0.231 e. The fraction of sp³-hybridized carbons (Fsp3) is 0.471. The molecule has 0 radical (unpaired) electrons. The first-order chi connectivity index (χ1) is 10.9. The van der Waals surface area contributed by atoms with Crippen LogP contribution in [0, 0.1) is 0 Å². The summed E-state index contributed by atoms with van der Waals surface area (Å²) in [7, 11) is 0. The summed E-state index contributed by atoms with van der Waals surface area (Å²) >= 11 is 0. The SMILES string of the molecule is c1cc(CNCCc2cn3c(n2)CCCC3)c2c(c1)OCO2. The number of nitrogens with zero attached hydrogens (tertiary/aromatic N) is 2. The average Bonchev–Trinajstić information content (AvgIpc) is 3.17. The largest absolute Gasteiger partial charge is 0.454 e. The first-order valence-corrected chi connectivity index (χ1v) is 8.03. The lowest BCUT2D eigenvalue weighted by Gasteiger charge is -2.11. The van der Waals surface area contributed by atoms with Crippen molar-refractivity contribution in [1.82, 2.24) is 14.9 Å². The van der Waals surface area contributed by atoms with E-state index in [1.54, 1.807) is 0 Å². The Labute approximate surface area is 130 Å². The summed E-state index contributed by atoms with van der Waals surface area (Å²) in [5.41, 5.74) is 2.35. The van der Waals surface area contributed by atoms with Gasteiger partial charge in [-0.2, -0.15) is 0 Å². The molecule has 0 saturated carbocycles. The molecule has 4 rings (SSSR count). The van der Waals surface area contributed by atoms with Crippen molar-refractivity contribution in [3.8, 4) is 11.5 Å². The second-order valence-electron chi connectivity index (χ2n) is 5.88. The minimum atomic E-state index is 0.326. The highest BCUT2D eigenvalue weighted by molar-refractivity contribution is 5.48. The number of fused-ring (bicyclic) bond motifs is 2. The molecule has 0 amide bonds. The van der Waals surface area contributed by atoms with Gasteiger partial charge < -0.3 is 19.4 Å². The highest BCUT2D eigenvalue weighted by Crippen LogP contribution is 2.35. The molecule has 1 aromatic heterocycles. The van der Waals surface area contributed by atoms with E-state index in [-0.39, 0.29) is 0 Å².